The van der Waals surface area contributed by atoms with E-state index < -0.39 is 0 Å². The molecule has 100 valence electrons. The molecule has 2 N–H and O–H groups in total. The zero-order valence-corrected chi connectivity index (χ0v) is 11.3. The van der Waals surface area contributed by atoms with Crippen LogP contribution in [0.2, 0.25) is 0 Å². The summed E-state index contributed by atoms with van der Waals surface area (Å²) in [5, 5.41) is 0. The number of nitrogens with two attached hydrogens (primary N) is 1. The van der Waals surface area contributed by atoms with Crippen LogP contribution in [0.1, 0.15) is 5.56 Å². The summed E-state index contributed by atoms with van der Waals surface area (Å²) in [6.45, 7) is 4.16. The van der Waals surface area contributed by atoms with Gasteiger partial charge in [-0.05, 0) is 17.7 Å². The number of morpholine rings is 1. The van der Waals surface area contributed by atoms with Crippen LogP contribution in [0.4, 0.5) is 5.69 Å². The highest BCUT2D eigenvalue weighted by Crippen LogP contribution is 2.16. The van der Waals surface area contributed by atoms with Gasteiger partial charge in [0.1, 0.15) is 0 Å². The molecule has 2 rings (SSSR count). The molecule has 1 heterocycles. The van der Waals surface area contributed by atoms with Gasteiger partial charge in [-0.25, -0.2) is 0 Å². The lowest BCUT2D eigenvalue weighted by molar-refractivity contribution is -0.00792. The second-order valence-corrected chi connectivity index (χ2v) is 5.00. The number of hydrogen-bond donors (Lipinski definition) is 1. The van der Waals surface area contributed by atoms with E-state index in [4.69, 9.17) is 10.5 Å². The monoisotopic (exact) mass is 249 g/mol. The molecule has 1 aliphatic rings. The Kier molecular flexibility index (Phi) is 4.58. The molecule has 4 heteroatoms. The molecule has 1 fully saturated rings. The molecule has 1 aromatic carbocycles. The lowest BCUT2D eigenvalue weighted by Gasteiger charge is -2.34. The summed E-state index contributed by atoms with van der Waals surface area (Å²) in [5.41, 5.74) is 8.35. The number of rotatable bonds is 4. The zero-order chi connectivity index (χ0) is 13.0. The van der Waals surface area contributed by atoms with E-state index in [9.17, 15) is 0 Å². The van der Waals surface area contributed by atoms with Crippen LogP contribution in [-0.4, -0.2) is 51.3 Å². The zero-order valence-electron chi connectivity index (χ0n) is 11.3. The van der Waals surface area contributed by atoms with E-state index in [0.717, 1.165) is 26.3 Å². The number of anilines is 1. The van der Waals surface area contributed by atoms with E-state index in [1.165, 1.54) is 11.3 Å². The fraction of sp³-hybridized carbons (Fsp3) is 0.571. The first-order valence-electron chi connectivity index (χ1n) is 6.49. The molecular weight excluding hydrogens is 226 g/mol. The van der Waals surface area contributed by atoms with Crippen LogP contribution in [-0.2, 0) is 11.3 Å². The van der Waals surface area contributed by atoms with Crippen molar-refractivity contribution in [1.82, 2.24) is 4.90 Å². The number of benzene rings is 1. The highest BCUT2D eigenvalue weighted by molar-refractivity contribution is 5.45. The molecule has 1 atom stereocenters. The van der Waals surface area contributed by atoms with Crippen LogP contribution in [0.15, 0.2) is 24.3 Å². The van der Waals surface area contributed by atoms with Crippen LogP contribution in [0, 0.1) is 0 Å². The van der Waals surface area contributed by atoms with E-state index in [-0.39, 0.29) is 0 Å². The first-order chi connectivity index (χ1) is 8.70. The van der Waals surface area contributed by atoms with Crippen LogP contribution in [0.5, 0.6) is 0 Å². The Morgan fingerprint density at radius 3 is 2.67 bits per heavy atom. The predicted molar refractivity (Wildman–Crippen MR) is 74.8 cm³/mol. The van der Waals surface area contributed by atoms with Gasteiger partial charge in [0.15, 0.2) is 0 Å². The molecule has 0 spiro atoms. The molecule has 4 nitrogen and oxygen atoms in total. The Bertz CT molecular complexity index is 364. The second kappa shape index (κ2) is 6.18. The molecule has 1 unspecified atom stereocenters. The highest BCUT2D eigenvalue weighted by Gasteiger charge is 2.21. The van der Waals surface area contributed by atoms with Gasteiger partial charge in [0, 0.05) is 45.5 Å². The van der Waals surface area contributed by atoms with Crippen molar-refractivity contribution in [1.29, 1.82) is 0 Å². The summed E-state index contributed by atoms with van der Waals surface area (Å²) in [7, 11) is 4.11. The van der Waals surface area contributed by atoms with Gasteiger partial charge in [-0.15, -0.1) is 0 Å². The average molecular weight is 249 g/mol. The van der Waals surface area contributed by atoms with Crippen molar-refractivity contribution in [3.63, 3.8) is 0 Å². The molecule has 1 saturated heterocycles. The van der Waals surface area contributed by atoms with Crippen LogP contribution in [0.3, 0.4) is 0 Å². The maximum Gasteiger partial charge on any atom is 0.0634 e. The quantitative estimate of drug-likeness (QED) is 0.861. The Balaban J connectivity index is 1.99. The van der Waals surface area contributed by atoms with Crippen LogP contribution < -0.4 is 10.6 Å². The van der Waals surface area contributed by atoms with E-state index in [0.29, 0.717) is 12.6 Å². The number of ether oxygens (including phenoxy) is 1. The molecule has 1 aliphatic heterocycles. The lowest BCUT2D eigenvalue weighted by Crippen LogP contribution is -2.48. The third-order valence-electron chi connectivity index (χ3n) is 3.46. The van der Waals surface area contributed by atoms with E-state index in [1.54, 1.807) is 0 Å². The first-order valence-corrected chi connectivity index (χ1v) is 6.49. The van der Waals surface area contributed by atoms with Gasteiger partial charge >= 0.3 is 0 Å². The fourth-order valence-corrected chi connectivity index (χ4v) is 2.25. The Morgan fingerprint density at radius 2 is 2.06 bits per heavy atom. The highest BCUT2D eigenvalue weighted by atomic mass is 16.5. The minimum atomic E-state index is 0.354. The molecule has 0 amide bonds. The number of nitrogens with zero attached hydrogens (tertiary/aromatic N) is 2. The molecule has 0 aliphatic carbocycles. The largest absolute Gasteiger partial charge is 0.378 e. The van der Waals surface area contributed by atoms with E-state index >= 15 is 0 Å². The molecule has 0 saturated carbocycles. The van der Waals surface area contributed by atoms with Gasteiger partial charge < -0.3 is 15.4 Å². The normalized spacial score (nSPS) is 20.9. The summed E-state index contributed by atoms with van der Waals surface area (Å²) in [5.74, 6) is 0. The van der Waals surface area contributed by atoms with Gasteiger partial charge in [-0.1, -0.05) is 12.1 Å². The number of hydrogen-bond acceptors (Lipinski definition) is 4. The van der Waals surface area contributed by atoms with E-state index in [1.807, 2.05) is 0 Å². The Morgan fingerprint density at radius 1 is 1.33 bits per heavy atom. The van der Waals surface area contributed by atoms with Crippen LogP contribution in [0.25, 0.3) is 0 Å². The van der Waals surface area contributed by atoms with Crippen molar-refractivity contribution in [3.05, 3.63) is 29.8 Å². The van der Waals surface area contributed by atoms with Gasteiger partial charge in [0.05, 0.1) is 13.2 Å². The maximum absolute atomic E-state index is 5.78. The van der Waals surface area contributed by atoms with Crippen molar-refractivity contribution in [2.24, 2.45) is 5.73 Å². The lowest BCUT2D eigenvalue weighted by atomic mass is 10.1. The molecule has 1 aromatic rings. The second-order valence-electron chi connectivity index (χ2n) is 5.00. The maximum atomic E-state index is 5.78. The van der Waals surface area contributed by atoms with Crippen molar-refractivity contribution >= 4 is 5.69 Å². The van der Waals surface area contributed by atoms with E-state index in [2.05, 4.69) is 48.2 Å². The van der Waals surface area contributed by atoms with Gasteiger partial charge in [0.25, 0.3) is 0 Å². The third kappa shape index (κ3) is 3.22. The summed E-state index contributed by atoms with van der Waals surface area (Å²) < 4.78 is 5.46. The smallest absolute Gasteiger partial charge is 0.0634 e. The van der Waals surface area contributed by atoms with Crippen molar-refractivity contribution < 1.29 is 4.74 Å². The molecular formula is C14H23N3O. The van der Waals surface area contributed by atoms with Crippen molar-refractivity contribution in [2.75, 3.05) is 45.3 Å². The minimum Gasteiger partial charge on any atom is -0.378 e. The van der Waals surface area contributed by atoms with Gasteiger partial charge in [0.2, 0.25) is 0 Å². The molecule has 18 heavy (non-hydrogen) atoms. The van der Waals surface area contributed by atoms with Gasteiger partial charge in [-0.2, -0.15) is 0 Å². The van der Waals surface area contributed by atoms with Crippen molar-refractivity contribution in [2.45, 2.75) is 12.6 Å². The third-order valence-corrected chi connectivity index (χ3v) is 3.46. The summed E-state index contributed by atoms with van der Waals surface area (Å²) in [6, 6.07) is 9.06. The molecule has 0 radical (unpaired) electrons. The van der Waals surface area contributed by atoms with Gasteiger partial charge in [-0.3, -0.25) is 4.90 Å². The predicted octanol–water partition coefficient (Wildman–Crippen LogP) is 0.912. The first kappa shape index (κ1) is 13.3. The fourth-order valence-electron chi connectivity index (χ4n) is 2.25. The molecule has 0 bridgehead atoms. The van der Waals surface area contributed by atoms with Crippen LogP contribution >= 0.6 is 0 Å². The summed E-state index contributed by atoms with van der Waals surface area (Å²) >= 11 is 0. The topological polar surface area (TPSA) is 41.7 Å². The standard InChI is InChI=1S/C14H23N3O/c1-16(2)13-5-3-12(4-6-13)10-17-7-8-18-11-14(17)9-15/h3-6,14H,7-11,15H2,1-2H3. The summed E-state index contributed by atoms with van der Waals surface area (Å²) in [4.78, 5) is 4.52. The molecule has 0 aromatic heterocycles. The Labute approximate surface area is 109 Å². The summed E-state index contributed by atoms with van der Waals surface area (Å²) in [6.07, 6.45) is 0. The average Bonchev–Trinajstić information content (AvgIpc) is 2.40. The SMILES string of the molecule is CN(C)c1ccc(CN2CCOCC2CN)cc1. The minimum absolute atomic E-state index is 0.354. The van der Waals surface area contributed by atoms with Crippen molar-refractivity contribution in [3.8, 4) is 0 Å². The Hall–Kier alpha value is -1.10.